The average molecular weight is 393 g/mol. The molecule has 0 spiro atoms. The third-order valence-corrected chi connectivity index (χ3v) is 4.83. The van der Waals surface area contributed by atoms with Gasteiger partial charge in [-0.3, -0.25) is 4.21 Å². The van der Waals surface area contributed by atoms with E-state index in [0.29, 0.717) is 16.4 Å². The molecular formula is C15H13BrN4O2S. The van der Waals surface area contributed by atoms with Crippen molar-refractivity contribution >= 4 is 49.1 Å². The van der Waals surface area contributed by atoms with Gasteiger partial charge in [-0.15, -0.1) is 0 Å². The summed E-state index contributed by atoms with van der Waals surface area (Å²) in [5.41, 5.74) is 1.52. The van der Waals surface area contributed by atoms with E-state index < -0.39 is 10.8 Å². The molecule has 8 heteroatoms. The van der Waals surface area contributed by atoms with Crippen molar-refractivity contribution in [2.24, 2.45) is 0 Å². The maximum absolute atomic E-state index is 12.0. The molecule has 1 unspecified atom stereocenters. The monoisotopic (exact) mass is 392 g/mol. The Balaban J connectivity index is 2.02. The van der Waals surface area contributed by atoms with Crippen LogP contribution in [-0.2, 0) is 10.8 Å². The zero-order chi connectivity index (χ0) is 16.2. The predicted octanol–water partition coefficient (Wildman–Crippen LogP) is 2.63. The van der Waals surface area contributed by atoms with Crippen molar-refractivity contribution in [1.82, 2.24) is 15.0 Å². The third kappa shape index (κ3) is 3.72. The van der Waals surface area contributed by atoms with E-state index in [-0.39, 0.29) is 12.4 Å². The summed E-state index contributed by atoms with van der Waals surface area (Å²) in [6.07, 6.45) is 3.02. The second kappa shape index (κ2) is 7.12. The predicted molar refractivity (Wildman–Crippen MR) is 93.1 cm³/mol. The molecule has 3 rings (SSSR count). The van der Waals surface area contributed by atoms with Gasteiger partial charge in [0.1, 0.15) is 17.2 Å². The largest absolute Gasteiger partial charge is 0.395 e. The summed E-state index contributed by atoms with van der Waals surface area (Å²) >= 11 is 3.43. The van der Waals surface area contributed by atoms with Crippen LogP contribution in [0, 0.1) is 0 Å². The first-order valence-corrected chi connectivity index (χ1v) is 8.91. The van der Waals surface area contributed by atoms with Crippen molar-refractivity contribution in [3.05, 3.63) is 47.3 Å². The molecule has 0 aliphatic carbocycles. The number of benzene rings is 1. The second-order valence-electron chi connectivity index (χ2n) is 4.67. The minimum atomic E-state index is -1.35. The second-order valence-corrected chi connectivity index (χ2v) is 7.10. The summed E-state index contributed by atoms with van der Waals surface area (Å²) in [7, 11) is -1.35. The highest BCUT2D eigenvalue weighted by atomic mass is 79.9. The molecule has 23 heavy (non-hydrogen) atoms. The van der Waals surface area contributed by atoms with Gasteiger partial charge in [-0.2, -0.15) is 0 Å². The van der Waals surface area contributed by atoms with E-state index in [2.05, 4.69) is 36.2 Å². The quantitative estimate of drug-likeness (QED) is 0.693. The molecule has 1 atom stereocenters. The van der Waals surface area contributed by atoms with Crippen LogP contribution in [0.3, 0.4) is 0 Å². The molecule has 0 aliphatic heterocycles. The molecule has 1 aromatic carbocycles. The first kappa shape index (κ1) is 16.0. The van der Waals surface area contributed by atoms with Crippen molar-refractivity contribution in [3.8, 4) is 0 Å². The first-order valence-electron chi connectivity index (χ1n) is 6.80. The SMILES string of the molecule is O=S(CCO)c1cc2c(Nc3cccc(Br)c3)ncnc2cn1. The van der Waals surface area contributed by atoms with E-state index >= 15 is 0 Å². The van der Waals surface area contributed by atoms with Crippen LogP contribution >= 0.6 is 15.9 Å². The minimum Gasteiger partial charge on any atom is -0.395 e. The van der Waals surface area contributed by atoms with Gasteiger partial charge in [0.25, 0.3) is 0 Å². The zero-order valence-electron chi connectivity index (χ0n) is 11.9. The molecule has 0 fully saturated rings. The molecule has 0 radical (unpaired) electrons. The maximum Gasteiger partial charge on any atom is 0.141 e. The van der Waals surface area contributed by atoms with Crippen LogP contribution in [0.25, 0.3) is 10.9 Å². The molecule has 0 saturated heterocycles. The van der Waals surface area contributed by atoms with Crippen LogP contribution in [0.1, 0.15) is 0 Å². The summed E-state index contributed by atoms with van der Waals surface area (Å²) in [5.74, 6) is 0.762. The number of pyridine rings is 1. The van der Waals surface area contributed by atoms with Gasteiger partial charge in [0.15, 0.2) is 0 Å². The Morgan fingerprint density at radius 1 is 1.22 bits per heavy atom. The highest BCUT2D eigenvalue weighted by Gasteiger charge is 2.10. The standard InChI is InChI=1S/C15H13BrN4O2S/c16-10-2-1-3-11(6-10)20-15-12-7-14(23(22)5-4-21)17-8-13(12)18-9-19-15/h1-3,6-9,21H,4-5H2,(H,18,19,20). The Kier molecular flexibility index (Phi) is 4.94. The van der Waals surface area contributed by atoms with E-state index in [1.807, 2.05) is 24.3 Å². The molecule has 0 bridgehead atoms. The van der Waals surface area contributed by atoms with Crippen molar-refractivity contribution < 1.29 is 9.32 Å². The number of halogens is 1. The summed E-state index contributed by atoms with van der Waals surface area (Å²) in [6.45, 7) is -0.152. The fraction of sp³-hybridized carbons (Fsp3) is 0.133. The Labute approximate surface area is 143 Å². The fourth-order valence-corrected chi connectivity index (χ4v) is 3.25. The van der Waals surface area contributed by atoms with Crippen LogP contribution in [0.5, 0.6) is 0 Å². The smallest absolute Gasteiger partial charge is 0.141 e. The minimum absolute atomic E-state index is 0.152. The number of hydrogen-bond donors (Lipinski definition) is 2. The number of aliphatic hydroxyl groups is 1. The number of aliphatic hydroxyl groups excluding tert-OH is 1. The fourth-order valence-electron chi connectivity index (χ4n) is 2.05. The lowest BCUT2D eigenvalue weighted by Gasteiger charge is -2.09. The van der Waals surface area contributed by atoms with Crippen LogP contribution in [0.15, 0.2) is 52.4 Å². The molecule has 2 N–H and O–H groups in total. The van der Waals surface area contributed by atoms with Gasteiger partial charge in [0.05, 0.1) is 34.9 Å². The van der Waals surface area contributed by atoms with E-state index in [1.165, 1.54) is 6.33 Å². The third-order valence-electron chi connectivity index (χ3n) is 3.09. The molecule has 2 aromatic heterocycles. The lowest BCUT2D eigenvalue weighted by molar-refractivity contribution is 0.321. The number of fused-ring (bicyclic) bond motifs is 1. The molecule has 3 aromatic rings. The van der Waals surface area contributed by atoms with E-state index in [9.17, 15) is 4.21 Å². The van der Waals surface area contributed by atoms with Gasteiger partial charge in [-0.25, -0.2) is 15.0 Å². The summed E-state index contributed by atoms with van der Waals surface area (Å²) in [5, 5.41) is 13.3. The van der Waals surface area contributed by atoms with Gasteiger partial charge < -0.3 is 10.4 Å². The van der Waals surface area contributed by atoms with Gasteiger partial charge in [0.2, 0.25) is 0 Å². The molecule has 0 saturated carbocycles. The van der Waals surface area contributed by atoms with Gasteiger partial charge in [0, 0.05) is 15.5 Å². The zero-order valence-corrected chi connectivity index (χ0v) is 14.3. The Hall–Kier alpha value is -1.90. The van der Waals surface area contributed by atoms with Crippen LogP contribution in [-0.4, -0.2) is 36.6 Å². The maximum atomic E-state index is 12.0. The highest BCUT2D eigenvalue weighted by molar-refractivity contribution is 9.10. The van der Waals surface area contributed by atoms with Crippen molar-refractivity contribution in [2.45, 2.75) is 5.03 Å². The molecule has 118 valence electrons. The average Bonchev–Trinajstić information content (AvgIpc) is 2.55. The molecule has 2 heterocycles. The van der Waals surface area contributed by atoms with E-state index in [4.69, 9.17) is 5.11 Å². The number of hydrogen-bond acceptors (Lipinski definition) is 6. The number of rotatable bonds is 5. The van der Waals surface area contributed by atoms with E-state index in [0.717, 1.165) is 15.5 Å². The Morgan fingerprint density at radius 3 is 2.87 bits per heavy atom. The summed E-state index contributed by atoms with van der Waals surface area (Å²) in [6, 6.07) is 9.40. The van der Waals surface area contributed by atoms with Crippen LogP contribution < -0.4 is 5.32 Å². The lowest BCUT2D eigenvalue weighted by Crippen LogP contribution is -2.05. The molecule has 0 aliphatic rings. The van der Waals surface area contributed by atoms with Crippen LogP contribution in [0.4, 0.5) is 11.5 Å². The molecular weight excluding hydrogens is 380 g/mol. The van der Waals surface area contributed by atoms with Crippen molar-refractivity contribution in [2.75, 3.05) is 17.7 Å². The highest BCUT2D eigenvalue weighted by Crippen LogP contribution is 2.25. The number of nitrogens with one attached hydrogen (secondary N) is 1. The topological polar surface area (TPSA) is 88.0 Å². The summed E-state index contributed by atoms with van der Waals surface area (Å²) in [4.78, 5) is 12.6. The van der Waals surface area contributed by atoms with Crippen molar-refractivity contribution in [1.29, 1.82) is 0 Å². The van der Waals surface area contributed by atoms with Gasteiger partial charge in [-0.1, -0.05) is 22.0 Å². The normalized spacial score (nSPS) is 12.3. The van der Waals surface area contributed by atoms with E-state index in [1.54, 1.807) is 12.3 Å². The van der Waals surface area contributed by atoms with Gasteiger partial charge >= 0.3 is 0 Å². The number of nitrogens with zero attached hydrogens (tertiary/aromatic N) is 3. The van der Waals surface area contributed by atoms with Crippen LogP contribution in [0.2, 0.25) is 0 Å². The van der Waals surface area contributed by atoms with Crippen molar-refractivity contribution in [3.63, 3.8) is 0 Å². The molecule has 6 nitrogen and oxygen atoms in total. The van der Waals surface area contributed by atoms with Gasteiger partial charge in [-0.05, 0) is 24.3 Å². The summed E-state index contributed by atoms with van der Waals surface area (Å²) < 4.78 is 13.0. The Bertz CT molecular complexity index is 875. The number of anilines is 2. The molecule has 0 amide bonds. The first-order chi connectivity index (χ1) is 11.2. The number of aromatic nitrogens is 3. The Morgan fingerprint density at radius 2 is 2.09 bits per heavy atom. The lowest BCUT2D eigenvalue weighted by atomic mass is 10.2.